The molecule has 1 aromatic heterocycles. The van der Waals surface area contributed by atoms with Gasteiger partial charge in [0.1, 0.15) is 12.4 Å². The molecule has 1 saturated carbocycles. The number of benzene rings is 1. The topological polar surface area (TPSA) is 97.6 Å². The first-order chi connectivity index (χ1) is 15.3. The Morgan fingerprint density at radius 2 is 2.16 bits per heavy atom. The van der Waals surface area contributed by atoms with E-state index in [1.54, 1.807) is 24.4 Å². The maximum absolute atomic E-state index is 15.6. The number of amides is 2. The van der Waals surface area contributed by atoms with E-state index in [0.717, 1.165) is 12.0 Å². The summed E-state index contributed by atoms with van der Waals surface area (Å²) in [5, 5.41) is 3.72. The van der Waals surface area contributed by atoms with Gasteiger partial charge in [0, 0.05) is 46.8 Å². The first-order valence-electron chi connectivity index (χ1n) is 10.7. The molecule has 2 aromatic rings. The number of ether oxygens (including phenoxy) is 1. The summed E-state index contributed by atoms with van der Waals surface area (Å²) in [4.78, 5) is 30.2. The molecule has 168 valence electrons. The van der Waals surface area contributed by atoms with E-state index in [1.165, 1.54) is 4.90 Å². The summed E-state index contributed by atoms with van der Waals surface area (Å²) >= 11 is 6.91. The van der Waals surface area contributed by atoms with Crippen molar-refractivity contribution in [3.63, 3.8) is 0 Å². The average Bonchev–Trinajstić information content (AvgIpc) is 3.31. The van der Waals surface area contributed by atoms with Crippen LogP contribution < -0.4 is 16.0 Å². The van der Waals surface area contributed by atoms with Crippen molar-refractivity contribution in [3.05, 3.63) is 40.8 Å². The van der Waals surface area contributed by atoms with Crippen molar-refractivity contribution in [2.24, 2.45) is 11.1 Å². The molecule has 0 radical (unpaired) electrons. The average molecular weight is 459 g/mol. The van der Waals surface area contributed by atoms with Gasteiger partial charge in [0.15, 0.2) is 5.82 Å². The van der Waals surface area contributed by atoms with Crippen LogP contribution in [0.1, 0.15) is 31.7 Å². The predicted molar refractivity (Wildman–Crippen MR) is 119 cm³/mol. The summed E-state index contributed by atoms with van der Waals surface area (Å²) in [7, 11) is 0. The fourth-order valence-corrected chi connectivity index (χ4v) is 5.80. The minimum absolute atomic E-state index is 0.0718. The predicted octanol–water partition coefficient (Wildman–Crippen LogP) is 3.24. The number of rotatable bonds is 3. The van der Waals surface area contributed by atoms with Crippen molar-refractivity contribution >= 4 is 34.9 Å². The summed E-state index contributed by atoms with van der Waals surface area (Å²) in [5.41, 5.74) is 6.43. The molecule has 9 heteroatoms. The molecule has 1 saturated heterocycles. The zero-order valence-electron chi connectivity index (χ0n) is 17.7. The number of pyridine rings is 1. The number of hydrogen-bond acceptors (Lipinski definition) is 5. The van der Waals surface area contributed by atoms with Gasteiger partial charge in [-0.15, -0.1) is 0 Å². The number of hydrogen-bond donors (Lipinski definition) is 2. The zero-order chi connectivity index (χ0) is 22.7. The Hall–Kier alpha value is -2.71. The highest BCUT2D eigenvalue weighted by Gasteiger charge is 2.53. The third-order valence-electron chi connectivity index (χ3n) is 7.16. The molecule has 2 aliphatic heterocycles. The normalized spacial score (nSPS) is 27.0. The van der Waals surface area contributed by atoms with Crippen molar-refractivity contribution in [3.8, 4) is 11.1 Å². The van der Waals surface area contributed by atoms with E-state index in [0.29, 0.717) is 42.4 Å². The van der Waals surface area contributed by atoms with E-state index in [4.69, 9.17) is 22.1 Å². The van der Waals surface area contributed by atoms with Gasteiger partial charge in [-0.25, -0.2) is 9.37 Å². The number of nitrogens with one attached hydrogen (secondary N) is 1. The van der Waals surface area contributed by atoms with Crippen LogP contribution in [0.2, 0.25) is 5.02 Å². The van der Waals surface area contributed by atoms with Crippen LogP contribution in [0.25, 0.3) is 11.1 Å². The Kier molecular flexibility index (Phi) is 4.90. The van der Waals surface area contributed by atoms with E-state index in [1.807, 2.05) is 6.92 Å². The third-order valence-corrected chi connectivity index (χ3v) is 7.56. The molecule has 1 spiro atoms. The van der Waals surface area contributed by atoms with Gasteiger partial charge in [-0.1, -0.05) is 30.7 Å². The molecule has 3 N–H and O–H groups in total. The number of nitrogens with two attached hydrogens (primary N) is 1. The highest BCUT2D eigenvalue weighted by molar-refractivity contribution is 6.34. The van der Waals surface area contributed by atoms with Gasteiger partial charge in [-0.3, -0.25) is 9.59 Å². The first kappa shape index (κ1) is 21.2. The third kappa shape index (κ3) is 3.08. The lowest BCUT2D eigenvalue weighted by molar-refractivity contribution is -0.127. The van der Waals surface area contributed by atoms with Gasteiger partial charge in [0.2, 0.25) is 5.91 Å². The lowest BCUT2D eigenvalue weighted by atomic mass is 9.76. The number of anilines is 2. The number of carbonyl (C=O) groups excluding carboxylic acids is 2. The number of aromatic nitrogens is 1. The summed E-state index contributed by atoms with van der Waals surface area (Å²) in [6.45, 7) is 3.05. The van der Waals surface area contributed by atoms with Crippen molar-refractivity contribution in [1.82, 2.24) is 4.98 Å². The number of halogens is 2. The zero-order valence-corrected chi connectivity index (χ0v) is 18.5. The van der Waals surface area contributed by atoms with Crippen molar-refractivity contribution in [2.75, 3.05) is 36.5 Å². The molecule has 3 aliphatic rings. The van der Waals surface area contributed by atoms with Crippen molar-refractivity contribution in [1.29, 1.82) is 0 Å². The molecule has 2 fully saturated rings. The first-order valence-corrected chi connectivity index (χ1v) is 11.0. The van der Waals surface area contributed by atoms with Crippen LogP contribution in [0.4, 0.5) is 15.9 Å². The van der Waals surface area contributed by atoms with Gasteiger partial charge >= 0.3 is 0 Å². The van der Waals surface area contributed by atoms with Gasteiger partial charge in [0.25, 0.3) is 5.91 Å². The lowest BCUT2D eigenvalue weighted by Crippen LogP contribution is -2.42. The summed E-state index contributed by atoms with van der Waals surface area (Å²) in [6.07, 6.45) is 3.51. The van der Waals surface area contributed by atoms with Crippen molar-refractivity contribution in [2.45, 2.75) is 31.6 Å². The summed E-state index contributed by atoms with van der Waals surface area (Å²) in [5.74, 6) is -0.477. The monoisotopic (exact) mass is 458 g/mol. The van der Waals surface area contributed by atoms with Crippen LogP contribution in [0, 0.1) is 11.2 Å². The quantitative estimate of drug-likeness (QED) is 0.735. The van der Waals surface area contributed by atoms with E-state index in [-0.39, 0.29) is 41.6 Å². The Labute approximate surface area is 190 Å². The van der Waals surface area contributed by atoms with E-state index >= 15 is 4.39 Å². The molecule has 1 aliphatic carbocycles. The van der Waals surface area contributed by atoms with Crippen LogP contribution in [0.15, 0.2) is 24.4 Å². The number of carbonyl (C=O) groups is 2. The van der Waals surface area contributed by atoms with Crippen molar-refractivity contribution < 1.29 is 18.7 Å². The van der Waals surface area contributed by atoms with Crippen LogP contribution in [-0.4, -0.2) is 43.1 Å². The maximum Gasteiger partial charge on any atom is 0.253 e. The Balaban J connectivity index is 1.59. The van der Waals surface area contributed by atoms with E-state index in [9.17, 15) is 9.59 Å². The molecular formula is C23H24ClFN4O3. The van der Waals surface area contributed by atoms with Crippen LogP contribution in [0.5, 0.6) is 0 Å². The molecule has 1 aromatic carbocycles. The van der Waals surface area contributed by atoms with Crippen LogP contribution >= 0.6 is 11.6 Å². The molecule has 5 rings (SSSR count). The fourth-order valence-electron chi connectivity index (χ4n) is 5.36. The second kappa shape index (κ2) is 7.42. The largest absolute Gasteiger partial charge is 0.370 e. The summed E-state index contributed by atoms with van der Waals surface area (Å²) < 4.78 is 20.8. The molecule has 32 heavy (non-hydrogen) atoms. The number of nitrogens with zero attached hydrogens (tertiary/aromatic N) is 2. The van der Waals surface area contributed by atoms with E-state index < -0.39 is 11.2 Å². The fraction of sp³-hybridized carbons (Fsp3) is 0.435. The van der Waals surface area contributed by atoms with E-state index in [2.05, 4.69) is 10.3 Å². The molecule has 3 heterocycles. The Bertz CT molecular complexity index is 1140. The van der Waals surface area contributed by atoms with Crippen LogP contribution in [0.3, 0.4) is 0 Å². The Morgan fingerprint density at radius 1 is 1.34 bits per heavy atom. The highest BCUT2D eigenvalue weighted by atomic mass is 35.5. The highest BCUT2D eigenvalue weighted by Crippen LogP contribution is 2.57. The second-order valence-electron chi connectivity index (χ2n) is 9.18. The molecule has 0 bridgehead atoms. The van der Waals surface area contributed by atoms with Crippen LogP contribution in [-0.2, 0) is 19.7 Å². The standard InChI is InChI=1S/C23H24ClFN4O3/c1-22(21(26)31)5-6-23(11-22)12-28-20-17(23)18(24)14(9-27-20)13-3-2-4-15(19(13)25)29-7-8-32-10-16(29)30/h2-4,9H,5-8,10-12H2,1H3,(H2,26,31)(H,27,28)/t22-,23-/m1/s1. The number of fused-ring (bicyclic) bond motifs is 2. The molecular weight excluding hydrogens is 435 g/mol. The van der Waals surface area contributed by atoms with Gasteiger partial charge in [-0.2, -0.15) is 0 Å². The van der Waals surface area contributed by atoms with Gasteiger partial charge < -0.3 is 20.7 Å². The molecule has 7 nitrogen and oxygen atoms in total. The maximum atomic E-state index is 15.6. The molecule has 2 atom stereocenters. The van der Waals surface area contributed by atoms with Gasteiger partial charge in [-0.05, 0) is 25.3 Å². The lowest BCUT2D eigenvalue weighted by Gasteiger charge is -2.28. The smallest absolute Gasteiger partial charge is 0.253 e. The minimum Gasteiger partial charge on any atom is -0.370 e. The minimum atomic E-state index is -0.621. The Morgan fingerprint density at radius 3 is 2.88 bits per heavy atom. The second-order valence-corrected chi connectivity index (χ2v) is 9.56. The SMILES string of the molecule is C[C@@]1(C(N)=O)CC[C@]2(CNc3ncc(-c4cccc(N5CCOCC5=O)c4F)c(Cl)c32)C1. The number of morpholine rings is 1. The molecule has 0 unspecified atom stereocenters. The molecule has 2 amide bonds. The number of primary amides is 1. The summed E-state index contributed by atoms with van der Waals surface area (Å²) in [6, 6.07) is 4.92. The van der Waals surface area contributed by atoms with Gasteiger partial charge in [0.05, 0.1) is 17.3 Å².